The van der Waals surface area contributed by atoms with Crippen LogP contribution in [0.5, 0.6) is 11.5 Å². The standard InChI is InChI=1S/C24H18BrClINO2/c1-2-29-23-13-17(11-19(14-28)18-5-9-21(27)10-6-18)12-22(25)24(23)30-15-16-3-7-20(26)8-4-16/h3-13H,2,15H2,1H3/b19-11-. The molecule has 0 amide bonds. The summed E-state index contributed by atoms with van der Waals surface area (Å²) in [6.07, 6.45) is 1.85. The van der Waals surface area contributed by atoms with Crippen molar-refractivity contribution in [2.24, 2.45) is 0 Å². The van der Waals surface area contributed by atoms with Crippen LogP contribution in [-0.2, 0) is 6.61 Å². The van der Waals surface area contributed by atoms with Crippen LogP contribution in [0.3, 0.4) is 0 Å². The lowest BCUT2D eigenvalue weighted by molar-refractivity contribution is 0.267. The van der Waals surface area contributed by atoms with Crippen LogP contribution in [0, 0.1) is 14.9 Å². The Kier molecular flexibility index (Phi) is 8.20. The third kappa shape index (κ3) is 6.00. The molecule has 152 valence electrons. The molecule has 3 aromatic rings. The van der Waals surface area contributed by atoms with E-state index in [1.807, 2.05) is 73.7 Å². The maximum absolute atomic E-state index is 9.64. The van der Waals surface area contributed by atoms with Crippen molar-refractivity contribution in [2.45, 2.75) is 13.5 Å². The van der Waals surface area contributed by atoms with E-state index in [2.05, 4.69) is 44.6 Å². The molecule has 30 heavy (non-hydrogen) atoms. The predicted molar refractivity (Wildman–Crippen MR) is 134 cm³/mol. The Hall–Kier alpha value is -2.01. The minimum Gasteiger partial charge on any atom is -0.490 e. The van der Waals surface area contributed by atoms with Crippen LogP contribution < -0.4 is 9.47 Å². The topological polar surface area (TPSA) is 42.2 Å². The minimum atomic E-state index is 0.386. The van der Waals surface area contributed by atoms with E-state index in [-0.39, 0.29) is 0 Å². The van der Waals surface area contributed by atoms with Gasteiger partial charge in [0.15, 0.2) is 11.5 Å². The van der Waals surface area contributed by atoms with Crippen molar-refractivity contribution in [1.82, 2.24) is 0 Å². The molecule has 0 spiro atoms. The SMILES string of the molecule is CCOc1cc(/C=C(/C#N)c2ccc(I)cc2)cc(Br)c1OCc1ccc(Cl)cc1. The maximum Gasteiger partial charge on any atom is 0.175 e. The molecule has 0 bridgehead atoms. The number of hydrogen-bond donors (Lipinski definition) is 0. The van der Waals surface area contributed by atoms with E-state index < -0.39 is 0 Å². The van der Waals surface area contributed by atoms with Crippen molar-refractivity contribution < 1.29 is 9.47 Å². The Morgan fingerprint density at radius 1 is 1.10 bits per heavy atom. The summed E-state index contributed by atoms with van der Waals surface area (Å²) in [7, 11) is 0. The second-order valence-corrected chi connectivity index (χ2v) is 8.89. The van der Waals surface area contributed by atoms with Crippen LogP contribution in [0.2, 0.25) is 5.02 Å². The molecule has 0 N–H and O–H groups in total. The van der Waals surface area contributed by atoms with Crippen molar-refractivity contribution >= 4 is 61.8 Å². The van der Waals surface area contributed by atoms with Gasteiger partial charge in [-0.2, -0.15) is 5.26 Å². The Bertz CT molecular complexity index is 1090. The van der Waals surface area contributed by atoms with Gasteiger partial charge in [0, 0.05) is 8.59 Å². The Morgan fingerprint density at radius 3 is 2.43 bits per heavy atom. The molecule has 3 rings (SSSR count). The lowest BCUT2D eigenvalue weighted by Gasteiger charge is -2.15. The van der Waals surface area contributed by atoms with Gasteiger partial charge in [-0.15, -0.1) is 0 Å². The van der Waals surface area contributed by atoms with Gasteiger partial charge in [0.2, 0.25) is 0 Å². The zero-order valence-corrected chi connectivity index (χ0v) is 20.7. The number of ether oxygens (including phenoxy) is 2. The van der Waals surface area contributed by atoms with Crippen molar-refractivity contribution in [3.05, 3.63) is 90.4 Å². The first-order valence-electron chi connectivity index (χ1n) is 9.21. The van der Waals surface area contributed by atoms with E-state index in [0.717, 1.165) is 24.7 Å². The average molecular weight is 595 g/mol. The molecule has 0 atom stereocenters. The van der Waals surface area contributed by atoms with Crippen LogP contribution >= 0.6 is 50.1 Å². The third-order valence-electron chi connectivity index (χ3n) is 4.21. The Morgan fingerprint density at radius 2 is 1.80 bits per heavy atom. The molecule has 0 saturated heterocycles. The van der Waals surface area contributed by atoms with E-state index in [0.29, 0.717) is 35.3 Å². The monoisotopic (exact) mass is 593 g/mol. The first-order valence-corrected chi connectivity index (χ1v) is 11.5. The van der Waals surface area contributed by atoms with Crippen LogP contribution in [0.4, 0.5) is 0 Å². The smallest absolute Gasteiger partial charge is 0.175 e. The number of halogens is 3. The van der Waals surface area contributed by atoms with E-state index in [4.69, 9.17) is 21.1 Å². The lowest BCUT2D eigenvalue weighted by Crippen LogP contribution is -2.01. The van der Waals surface area contributed by atoms with Crippen LogP contribution in [-0.4, -0.2) is 6.61 Å². The fourth-order valence-electron chi connectivity index (χ4n) is 2.79. The maximum atomic E-state index is 9.64. The highest BCUT2D eigenvalue weighted by Gasteiger charge is 2.13. The Balaban J connectivity index is 1.90. The quantitative estimate of drug-likeness (QED) is 0.160. The first kappa shape index (κ1) is 22.7. The van der Waals surface area contributed by atoms with Crippen molar-refractivity contribution in [1.29, 1.82) is 5.26 Å². The molecule has 0 fully saturated rings. The molecule has 0 aromatic heterocycles. The fraction of sp³-hybridized carbons (Fsp3) is 0.125. The second-order valence-electron chi connectivity index (χ2n) is 6.35. The highest BCUT2D eigenvalue weighted by molar-refractivity contribution is 14.1. The zero-order valence-electron chi connectivity index (χ0n) is 16.2. The molecule has 0 unspecified atom stereocenters. The second kappa shape index (κ2) is 10.9. The lowest BCUT2D eigenvalue weighted by atomic mass is 10.0. The highest BCUT2D eigenvalue weighted by Crippen LogP contribution is 2.38. The number of benzene rings is 3. The van der Waals surface area contributed by atoms with Crippen molar-refractivity contribution in [3.63, 3.8) is 0 Å². The summed E-state index contributed by atoms with van der Waals surface area (Å²) in [6, 6.07) is 21.5. The summed E-state index contributed by atoms with van der Waals surface area (Å²) in [5.41, 5.74) is 3.30. The summed E-state index contributed by atoms with van der Waals surface area (Å²) < 4.78 is 13.7. The number of nitriles is 1. The average Bonchev–Trinajstić information content (AvgIpc) is 2.73. The summed E-state index contributed by atoms with van der Waals surface area (Å²) in [6.45, 7) is 2.81. The molecule has 0 radical (unpaired) electrons. The summed E-state index contributed by atoms with van der Waals surface area (Å²) >= 11 is 11.8. The number of hydrogen-bond acceptors (Lipinski definition) is 3. The molecule has 0 aliphatic rings. The predicted octanol–water partition coefficient (Wildman–Crippen LogP) is 7.75. The number of nitrogens with zero attached hydrogens (tertiary/aromatic N) is 1. The number of rotatable bonds is 7. The molecular formula is C24H18BrClINO2. The zero-order chi connectivity index (χ0) is 21.5. The molecular weight excluding hydrogens is 577 g/mol. The van der Waals surface area contributed by atoms with Gasteiger partial charge in [-0.25, -0.2) is 0 Å². The van der Waals surface area contributed by atoms with E-state index >= 15 is 0 Å². The molecule has 0 aliphatic heterocycles. The van der Waals surface area contributed by atoms with Gasteiger partial charge in [0.05, 0.1) is 22.7 Å². The van der Waals surface area contributed by atoms with Gasteiger partial charge >= 0.3 is 0 Å². The van der Waals surface area contributed by atoms with Crippen LogP contribution in [0.15, 0.2) is 65.1 Å². The van der Waals surface area contributed by atoms with Crippen LogP contribution in [0.1, 0.15) is 23.6 Å². The molecule has 0 heterocycles. The largest absolute Gasteiger partial charge is 0.490 e. The van der Waals surface area contributed by atoms with Crippen molar-refractivity contribution in [3.8, 4) is 17.6 Å². The summed E-state index contributed by atoms with van der Waals surface area (Å²) in [5.74, 6) is 1.24. The van der Waals surface area contributed by atoms with E-state index in [1.165, 1.54) is 0 Å². The molecule has 3 nitrogen and oxygen atoms in total. The van der Waals surface area contributed by atoms with Gasteiger partial charge in [-0.05, 0) is 105 Å². The van der Waals surface area contributed by atoms with E-state index in [1.54, 1.807) is 0 Å². The number of allylic oxidation sites excluding steroid dienone is 1. The highest BCUT2D eigenvalue weighted by atomic mass is 127. The van der Waals surface area contributed by atoms with Crippen LogP contribution in [0.25, 0.3) is 11.6 Å². The summed E-state index contributed by atoms with van der Waals surface area (Å²) in [5, 5.41) is 10.3. The van der Waals surface area contributed by atoms with Gasteiger partial charge in [-0.1, -0.05) is 35.9 Å². The molecule has 3 aromatic carbocycles. The first-order chi connectivity index (χ1) is 14.5. The molecule has 6 heteroatoms. The van der Waals surface area contributed by atoms with Gasteiger partial charge in [0.1, 0.15) is 6.61 Å². The molecule has 0 saturated carbocycles. The fourth-order valence-corrected chi connectivity index (χ4v) is 3.85. The van der Waals surface area contributed by atoms with E-state index in [9.17, 15) is 5.26 Å². The summed E-state index contributed by atoms with van der Waals surface area (Å²) in [4.78, 5) is 0. The van der Waals surface area contributed by atoms with Crippen molar-refractivity contribution in [2.75, 3.05) is 6.61 Å². The normalized spacial score (nSPS) is 11.1. The third-order valence-corrected chi connectivity index (χ3v) is 5.77. The molecule has 0 aliphatic carbocycles. The van der Waals surface area contributed by atoms with Gasteiger partial charge in [0.25, 0.3) is 0 Å². The Labute approximate surface area is 203 Å². The van der Waals surface area contributed by atoms with Gasteiger partial charge in [-0.3, -0.25) is 0 Å². The van der Waals surface area contributed by atoms with Gasteiger partial charge < -0.3 is 9.47 Å². The minimum absolute atomic E-state index is 0.386.